The number of fused-ring (bicyclic) bond motifs is 3. The molecule has 1 N–H and O–H groups in total. The van der Waals surface area contributed by atoms with E-state index in [0.717, 1.165) is 26.9 Å². The standard InChI is InChI=1S/C24H23N3O3S/c1-31-22-11-15(6-8-25-22)10-16-12-19-23(18-5-3-2-4-17(16)18)26-14-27(24(19)29)20-7-9-30-13-21(20)28/h2-6,8,11-12,14,20-21,28H,7,9-10,13H2,1H3. The number of aliphatic hydroxyl groups is 1. The summed E-state index contributed by atoms with van der Waals surface area (Å²) in [6, 6.07) is 13.8. The molecular weight excluding hydrogens is 410 g/mol. The number of benzene rings is 2. The van der Waals surface area contributed by atoms with Gasteiger partial charge < -0.3 is 9.84 Å². The van der Waals surface area contributed by atoms with Crippen LogP contribution in [-0.4, -0.2) is 45.2 Å². The van der Waals surface area contributed by atoms with E-state index in [2.05, 4.69) is 22.1 Å². The van der Waals surface area contributed by atoms with Crippen molar-refractivity contribution in [2.24, 2.45) is 0 Å². The molecule has 0 aliphatic carbocycles. The Morgan fingerprint density at radius 2 is 2.00 bits per heavy atom. The summed E-state index contributed by atoms with van der Waals surface area (Å²) < 4.78 is 6.91. The molecule has 1 aliphatic heterocycles. The Hall–Kier alpha value is -2.74. The Balaban J connectivity index is 1.69. The van der Waals surface area contributed by atoms with Gasteiger partial charge in [-0.3, -0.25) is 9.36 Å². The van der Waals surface area contributed by atoms with Crippen molar-refractivity contribution >= 4 is 33.4 Å². The maximum atomic E-state index is 13.5. The molecule has 1 aliphatic rings. The number of rotatable bonds is 4. The molecule has 0 saturated carbocycles. The van der Waals surface area contributed by atoms with Crippen LogP contribution >= 0.6 is 11.8 Å². The Bertz CT molecular complexity index is 1320. The van der Waals surface area contributed by atoms with Gasteiger partial charge in [-0.15, -0.1) is 11.8 Å². The number of hydrogen-bond donors (Lipinski definition) is 1. The molecule has 4 aromatic rings. The van der Waals surface area contributed by atoms with Crippen LogP contribution in [-0.2, 0) is 11.2 Å². The van der Waals surface area contributed by atoms with Crippen molar-refractivity contribution in [3.63, 3.8) is 0 Å². The van der Waals surface area contributed by atoms with Crippen molar-refractivity contribution in [2.45, 2.75) is 30.0 Å². The number of hydrogen-bond acceptors (Lipinski definition) is 6. The van der Waals surface area contributed by atoms with Crippen molar-refractivity contribution in [3.8, 4) is 0 Å². The average molecular weight is 434 g/mol. The second kappa shape index (κ2) is 8.42. The van der Waals surface area contributed by atoms with E-state index in [1.54, 1.807) is 22.7 Å². The average Bonchev–Trinajstić information content (AvgIpc) is 2.81. The summed E-state index contributed by atoms with van der Waals surface area (Å²) in [5, 5.41) is 14.0. The second-order valence-electron chi connectivity index (χ2n) is 7.82. The molecule has 3 heterocycles. The lowest BCUT2D eigenvalue weighted by Crippen LogP contribution is -2.39. The third-order valence-corrected chi connectivity index (χ3v) is 6.57. The van der Waals surface area contributed by atoms with Crippen LogP contribution in [0, 0.1) is 0 Å². The molecule has 5 rings (SSSR count). The van der Waals surface area contributed by atoms with Crippen molar-refractivity contribution in [1.82, 2.24) is 14.5 Å². The highest BCUT2D eigenvalue weighted by Crippen LogP contribution is 2.29. The number of ether oxygens (including phenoxy) is 1. The third-order valence-electron chi connectivity index (χ3n) is 5.93. The molecule has 31 heavy (non-hydrogen) atoms. The van der Waals surface area contributed by atoms with Gasteiger partial charge in [-0.25, -0.2) is 9.97 Å². The van der Waals surface area contributed by atoms with E-state index in [9.17, 15) is 9.90 Å². The van der Waals surface area contributed by atoms with Gasteiger partial charge in [-0.1, -0.05) is 24.3 Å². The van der Waals surface area contributed by atoms with Gasteiger partial charge in [0.1, 0.15) is 0 Å². The third kappa shape index (κ3) is 3.73. The van der Waals surface area contributed by atoms with Gasteiger partial charge in [-0.05, 0) is 53.8 Å². The zero-order valence-electron chi connectivity index (χ0n) is 17.2. The molecule has 6 nitrogen and oxygen atoms in total. The number of pyridine rings is 1. The first-order valence-electron chi connectivity index (χ1n) is 10.3. The number of nitrogens with zero attached hydrogens (tertiary/aromatic N) is 3. The molecule has 2 atom stereocenters. The monoisotopic (exact) mass is 433 g/mol. The highest BCUT2D eigenvalue weighted by Gasteiger charge is 2.27. The maximum absolute atomic E-state index is 13.5. The van der Waals surface area contributed by atoms with E-state index in [1.807, 2.05) is 42.8 Å². The summed E-state index contributed by atoms with van der Waals surface area (Å²) in [5.41, 5.74) is 2.79. The predicted octanol–water partition coefficient (Wildman–Crippen LogP) is 3.58. The van der Waals surface area contributed by atoms with Gasteiger partial charge in [0.05, 0.1) is 41.0 Å². The summed E-state index contributed by atoms with van der Waals surface area (Å²) in [6.45, 7) is 0.757. The van der Waals surface area contributed by atoms with Gasteiger partial charge in [-0.2, -0.15) is 0 Å². The van der Waals surface area contributed by atoms with Gasteiger partial charge in [0.15, 0.2) is 0 Å². The minimum Gasteiger partial charge on any atom is -0.389 e. The van der Waals surface area contributed by atoms with Crippen molar-refractivity contribution < 1.29 is 9.84 Å². The van der Waals surface area contributed by atoms with E-state index in [1.165, 1.54) is 0 Å². The minimum absolute atomic E-state index is 0.123. The molecule has 2 unspecified atom stereocenters. The van der Waals surface area contributed by atoms with E-state index in [-0.39, 0.29) is 18.2 Å². The first-order valence-corrected chi connectivity index (χ1v) is 11.5. The Kier molecular flexibility index (Phi) is 5.48. The zero-order chi connectivity index (χ0) is 21.4. The molecule has 1 saturated heterocycles. The van der Waals surface area contributed by atoms with Crippen LogP contribution in [0.5, 0.6) is 0 Å². The Morgan fingerprint density at radius 1 is 1.16 bits per heavy atom. The normalized spacial score (nSPS) is 19.2. The highest BCUT2D eigenvalue weighted by molar-refractivity contribution is 7.98. The Labute approximate surface area is 183 Å². The van der Waals surface area contributed by atoms with Crippen LogP contribution in [0.15, 0.2) is 64.8 Å². The van der Waals surface area contributed by atoms with E-state index < -0.39 is 6.10 Å². The van der Waals surface area contributed by atoms with Crippen LogP contribution in [0.4, 0.5) is 0 Å². The fourth-order valence-electron chi connectivity index (χ4n) is 4.36. The van der Waals surface area contributed by atoms with Gasteiger partial charge in [0.2, 0.25) is 0 Å². The SMILES string of the molecule is CSc1cc(Cc2cc3c(=O)n(C4CCOCC4O)cnc3c3ccccc23)ccn1. The zero-order valence-corrected chi connectivity index (χ0v) is 18.0. The fourth-order valence-corrected chi connectivity index (χ4v) is 4.79. The van der Waals surface area contributed by atoms with E-state index in [0.29, 0.717) is 30.4 Å². The molecular formula is C24H23N3O3S. The van der Waals surface area contributed by atoms with E-state index >= 15 is 0 Å². The first kappa shape index (κ1) is 20.2. The molecule has 7 heteroatoms. The Morgan fingerprint density at radius 3 is 2.81 bits per heavy atom. The summed E-state index contributed by atoms with van der Waals surface area (Å²) in [5.74, 6) is 0. The summed E-state index contributed by atoms with van der Waals surface area (Å²) in [6.07, 6.45) is 5.97. The fraction of sp³-hybridized carbons (Fsp3) is 0.292. The lowest BCUT2D eigenvalue weighted by Gasteiger charge is -2.29. The lowest BCUT2D eigenvalue weighted by atomic mass is 9.96. The number of aromatic nitrogens is 3. The largest absolute Gasteiger partial charge is 0.389 e. The van der Waals surface area contributed by atoms with Gasteiger partial charge >= 0.3 is 0 Å². The van der Waals surface area contributed by atoms with Crippen LogP contribution < -0.4 is 5.56 Å². The van der Waals surface area contributed by atoms with Gasteiger partial charge in [0.25, 0.3) is 5.56 Å². The van der Waals surface area contributed by atoms with Crippen molar-refractivity contribution in [1.29, 1.82) is 0 Å². The molecule has 2 aromatic carbocycles. The quantitative estimate of drug-likeness (QED) is 0.392. The molecule has 0 bridgehead atoms. The number of aliphatic hydroxyl groups excluding tert-OH is 1. The maximum Gasteiger partial charge on any atom is 0.261 e. The molecule has 0 amide bonds. The molecule has 0 radical (unpaired) electrons. The lowest BCUT2D eigenvalue weighted by molar-refractivity contribution is -0.0395. The van der Waals surface area contributed by atoms with Gasteiger partial charge in [0, 0.05) is 18.2 Å². The topological polar surface area (TPSA) is 77.2 Å². The molecule has 1 fully saturated rings. The molecule has 158 valence electrons. The van der Waals surface area contributed by atoms with Crippen LogP contribution in [0.2, 0.25) is 0 Å². The van der Waals surface area contributed by atoms with Crippen molar-refractivity contribution in [2.75, 3.05) is 19.5 Å². The second-order valence-corrected chi connectivity index (χ2v) is 8.64. The summed E-state index contributed by atoms with van der Waals surface area (Å²) in [7, 11) is 0. The van der Waals surface area contributed by atoms with Crippen LogP contribution in [0.25, 0.3) is 21.7 Å². The number of thioether (sulfide) groups is 1. The predicted molar refractivity (Wildman–Crippen MR) is 123 cm³/mol. The van der Waals surface area contributed by atoms with Crippen LogP contribution in [0.3, 0.4) is 0 Å². The first-order chi connectivity index (χ1) is 15.2. The molecule has 0 spiro atoms. The highest BCUT2D eigenvalue weighted by atomic mass is 32.2. The summed E-state index contributed by atoms with van der Waals surface area (Å²) >= 11 is 1.61. The minimum atomic E-state index is -0.715. The molecule has 2 aromatic heterocycles. The van der Waals surface area contributed by atoms with Crippen molar-refractivity contribution in [3.05, 3.63) is 76.5 Å². The summed E-state index contributed by atoms with van der Waals surface area (Å²) in [4.78, 5) is 22.5. The van der Waals surface area contributed by atoms with E-state index in [4.69, 9.17) is 4.74 Å². The smallest absolute Gasteiger partial charge is 0.261 e. The van der Waals surface area contributed by atoms with Crippen LogP contribution in [0.1, 0.15) is 23.6 Å².